The number of methoxy groups -OCH3 is 1. The third kappa shape index (κ3) is 5.52. The number of nitrogens with zero attached hydrogens (tertiary/aromatic N) is 2. The lowest BCUT2D eigenvalue weighted by Crippen LogP contribution is -2.35. The zero-order valence-corrected chi connectivity index (χ0v) is 20.2. The quantitative estimate of drug-likeness (QED) is 0.369. The van der Waals surface area contributed by atoms with Gasteiger partial charge in [-0.05, 0) is 61.9 Å². The van der Waals surface area contributed by atoms with Crippen LogP contribution in [0.3, 0.4) is 0 Å². The van der Waals surface area contributed by atoms with Gasteiger partial charge in [0, 0.05) is 5.69 Å². The van der Waals surface area contributed by atoms with E-state index in [1.54, 1.807) is 30.3 Å². The summed E-state index contributed by atoms with van der Waals surface area (Å²) in [5.41, 5.74) is 4.18. The summed E-state index contributed by atoms with van der Waals surface area (Å²) in [5.74, 6) is -0.404. The zero-order valence-electron chi connectivity index (χ0n) is 20.2. The predicted molar refractivity (Wildman–Crippen MR) is 135 cm³/mol. The van der Waals surface area contributed by atoms with Crippen LogP contribution in [-0.2, 0) is 14.3 Å². The normalized spacial score (nSPS) is 10.6. The van der Waals surface area contributed by atoms with Gasteiger partial charge in [-0.1, -0.05) is 24.3 Å². The zero-order chi connectivity index (χ0) is 25.7. The Balaban J connectivity index is 1.32. The molecule has 0 saturated heterocycles. The number of hydrogen-bond donors (Lipinski definition) is 2. The molecule has 0 radical (unpaired) electrons. The summed E-state index contributed by atoms with van der Waals surface area (Å²) in [4.78, 5) is 41.4. The van der Waals surface area contributed by atoms with E-state index in [4.69, 9.17) is 9.47 Å². The molecule has 184 valence electrons. The lowest BCUT2D eigenvalue weighted by molar-refractivity contribution is -0.126. The summed E-state index contributed by atoms with van der Waals surface area (Å²) in [6.07, 6.45) is 0. The summed E-state index contributed by atoms with van der Waals surface area (Å²) in [7, 11) is 1.50. The second-order valence-electron chi connectivity index (χ2n) is 8.14. The highest BCUT2D eigenvalue weighted by atomic mass is 16.5. The minimum absolute atomic E-state index is 0.275. The van der Waals surface area contributed by atoms with Gasteiger partial charge in [-0.25, -0.2) is 9.78 Å². The van der Waals surface area contributed by atoms with Gasteiger partial charge in [0.25, 0.3) is 5.91 Å². The van der Waals surface area contributed by atoms with E-state index in [2.05, 4.69) is 15.6 Å². The Morgan fingerprint density at radius 3 is 2.47 bits per heavy atom. The standard InChI is InChI=1S/C27H26N4O5/c1-17-9-12-24(35-3)22(13-17)30-25(32)15-28-26(33)16-36-27(34)19-10-11-23-21(14-19)29-18(2)31(23)20-7-5-4-6-8-20/h4-14H,15-16H2,1-3H3,(H,28,33)(H,30,32). The molecule has 0 aliphatic carbocycles. The van der Waals surface area contributed by atoms with Gasteiger partial charge in [0.1, 0.15) is 11.6 Å². The minimum Gasteiger partial charge on any atom is -0.495 e. The van der Waals surface area contributed by atoms with Crippen LogP contribution in [0.2, 0.25) is 0 Å². The van der Waals surface area contributed by atoms with E-state index in [0.717, 1.165) is 22.6 Å². The number of anilines is 1. The summed E-state index contributed by atoms with van der Waals surface area (Å²) in [5, 5.41) is 5.12. The molecule has 1 heterocycles. The van der Waals surface area contributed by atoms with Gasteiger partial charge in [-0.15, -0.1) is 0 Å². The largest absolute Gasteiger partial charge is 0.495 e. The highest BCUT2D eigenvalue weighted by molar-refractivity contribution is 5.97. The Labute approximate surface area is 208 Å². The van der Waals surface area contributed by atoms with Crippen LogP contribution in [0, 0.1) is 13.8 Å². The molecule has 0 bridgehead atoms. The lowest BCUT2D eigenvalue weighted by Gasteiger charge is -2.11. The first-order chi connectivity index (χ1) is 17.4. The van der Waals surface area contributed by atoms with Gasteiger partial charge in [0.05, 0.1) is 35.9 Å². The maximum Gasteiger partial charge on any atom is 0.338 e. The molecule has 0 aliphatic rings. The Bertz CT molecular complexity index is 1430. The molecule has 9 nitrogen and oxygen atoms in total. The second-order valence-corrected chi connectivity index (χ2v) is 8.14. The van der Waals surface area contributed by atoms with Gasteiger partial charge in [-0.3, -0.25) is 14.2 Å². The van der Waals surface area contributed by atoms with E-state index >= 15 is 0 Å². The van der Waals surface area contributed by atoms with Crippen molar-refractivity contribution in [2.24, 2.45) is 0 Å². The van der Waals surface area contributed by atoms with Crippen molar-refractivity contribution in [2.45, 2.75) is 13.8 Å². The smallest absolute Gasteiger partial charge is 0.338 e. The summed E-state index contributed by atoms with van der Waals surface area (Å²) in [6, 6.07) is 20.2. The fraction of sp³-hybridized carbons (Fsp3) is 0.185. The van der Waals surface area contributed by atoms with E-state index in [-0.39, 0.29) is 12.1 Å². The molecule has 36 heavy (non-hydrogen) atoms. The number of ether oxygens (including phenoxy) is 2. The monoisotopic (exact) mass is 486 g/mol. The van der Waals surface area contributed by atoms with Crippen molar-refractivity contribution in [3.05, 3.63) is 83.7 Å². The highest BCUT2D eigenvalue weighted by Gasteiger charge is 2.15. The number of carbonyl (C=O) groups excluding carboxylic acids is 3. The molecule has 3 aromatic carbocycles. The Morgan fingerprint density at radius 1 is 0.944 bits per heavy atom. The number of para-hydroxylation sites is 1. The fourth-order valence-electron chi connectivity index (χ4n) is 3.79. The average molecular weight is 487 g/mol. The van der Waals surface area contributed by atoms with Crippen LogP contribution >= 0.6 is 0 Å². The number of aromatic nitrogens is 2. The average Bonchev–Trinajstić information content (AvgIpc) is 3.21. The number of hydrogen-bond acceptors (Lipinski definition) is 6. The molecular weight excluding hydrogens is 460 g/mol. The number of esters is 1. The number of nitrogens with one attached hydrogen (secondary N) is 2. The number of imidazole rings is 1. The van der Waals surface area contributed by atoms with Crippen LogP contribution in [0.25, 0.3) is 16.7 Å². The number of rotatable bonds is 8. The van der Waals surface area contributed by atoms with Gasteiger partial charge in [-0.2, -0.15) is 0 Å². The number of carbonyl (C=O) groups is 3. The molecule has 4 aromatic rings. The fourth-order valence-corrected chi connectivity index (χ4v) is 3.79. The molecule has 0 unspecified atom stereocenters. The molecule has 2 amide bonds. The van der Waals surface area contributed by atoms with Crippen LogP contribution < -0.4 is 15.4 Å². The van der Waals surface area contributed by atoms with Crippen molar-refractivity contribution < 1.29 is 23.9 Å². The van der Waals surface area contributed by atoms with Crippen molar-refractivity contribution in [3.8, 4) is 11.4 Å². The van der Waals surface area contributed by atoms with Gasteiger partial charge in [0.15, 0.2) is 6.61 Å². The predicted octanol–water partition coefficient (Wildman–Crippen LogP) is 3.56. The van der Waals surface area contributed by atoms with E-state index < -0.39 is 24.4 Å². The van der Waals surface area contributed by atoms with Crippen molar-refractivity contribution in [3.63, 3.8) is 0 Å². The first-order valence-corrected chi connectivity index (χ1v) is 11.3. The molecular formula is C27H26N4O5. The molecule has 0 fully saturated rings. The van der Waals surface area contributed by atoms with Crippen molar-refractivity contribution in [1.82, 2.24) is 14.9 Å². The van der Waals surface area contributed by atoms with Crippen LogP contribution in [0.1, 0.15) is 21.7 Å². The first kappa shape index (κ1) is 24.5. The van der Waals surface area contributed by atoms with Gasteiger partial charge in [0.2, 0.25) is 5.91 Å². The minimum atomic E-state index is -0.659. The molecule has 1 aromatic heterocycles. The van der Waals surface area contributed by atoms with Crippen molar-refractivity contribution in [1.29, 1.82) is 0 Å². The maximum absolute atomic E-state index is 12.5. The van der Waals surface area contributed by atoms with Crippen molar-refractivity contribution in [2.75, 3.05) is 25.6 Å². The Kier molecular flexibility index (Phi) is 7.29. The maximum atomic E-state index is 12.5. The third-order valence-corrected chi connectivity index (χ3v) is 5.48. The number of aryl methyl sites for hydroxylation is 2. The highest BCUT2D eigenvalue weighted by Crippen LogP contribution is 2.25. The topological polar surface area (TPSA) is 112 Å². The van der Waals surface area contributed by atoms with Crippen LogP contribution in [-0.4, -0.2) is 47.6 Å². The Hall–Kier alpha value is -4.66. The van der Waals surface area contributed by atoms with Gasteiger partial charge >= 0.3 is 5.97 Å². The summed E-state index contributed by atoms with van der Waals surface area (Å²) >= 11 is 0. The van der Waals surface area contributed by atoms with E-state index in [1.807, 2.05) is 54.8 Å². The van der Waals surface area contributed by atoms with Gasteiger partial charge < -0.3 is 20.1 Å². The molecule has 2 N–H and O–H groups in total. The molecule has 0 saturated carbocycles. The summed E-state index contributed by atoms with van der Waals surface area (Å²) < 4.78 is 12.3. The van der Waals surface area contributed by atoms with Crippen molar-refractivity contribution >= 4 is 34.5 Å². The van der Waals surface area contributed by atoms with Crippen LogP contribution in [0.5, 0.6) is 5.75 Å². The number of amides is 2. The third-order valence-electron chi connectivity index (χ3n) is 5.48. The van der Waals surface area contributed by atoms with Crippen LogP contribution in [0.15, 0.2) is 66.7 Å². The van der Waals surface area contributed by atoms with E-state index in [0.29, 0.717) is 17.0 Å². The van der Waals surface area contributed by atoms with E-state index in [1.165, 1.54) is 7.11 Å². The SMILES string of the molecule is COc1ccc(C)cc1NC(=O)CNC(=O)COC(=O)c1ccc2c(c1)nc(C)n2-c1ccccc1. The molecule has 0 aliphatic heterocycles. The lowest BCUT2D eigenvalue weighted by atomic mass is 10.2. The van der Waals surface area contributed by atoms with E-state index in [9.17, 15) is 14.4 Å². The van der Waals surface area contributed by atoms with Crippen LogP contribution in [0.4, 0.5) is 5.69 Å². The molecule has 0 spiro atoms. The molecule has 4 rings (SSSR count). The number of benzene rings is 3. The Morgan fingerprint density at radius 2 is 1.72 bits per heavy atom. The number of fused-ring (bicyclic) bond motifs is 1. The first-order valence-electron chi connectivity index (χ1n) is 11.3. The molecule has 9 heteroatoms. The molecule has 0 atom stereocenters. The summed E-state index contributed by atoms with van der Waals surface area (Å²) in [6.45, 7) is 2.98. The second kappa shape index (κ2) is 10.7.